The summed E-state index contributed by atoms with van der Waals surface area (Å²) in [5, 5.41) is 0. The fourth-order valence-electron chi connectivity index (χ4n) is 8.85. The highest BCUT2D eigenvalue weighted by Crippen LogP contribution is 2.17. The highest BCUT2D eigenvalue weighted by Gasteiger charge is 2.19. The summed E-state index contributed by atoms with van der Waals surface area (Å²) in [5.74, 6) is -0.846. The molecular formula is C59H112O6. The Bertz CT molecular complexity index is 1010. The molecule has 0 amide bonds. The molecule has 0 heterocycles. The van der Waals surface area contributed by atoms with Crippen molar-refractivity contribution in [3.8, 4) is 0 Å². The van der Waals surface area contributed by atoms with Crippen LogP contribution in [0.2, 0.25) is 0 Å². The van der Waals surface area contributed by atoms with E-state index in [1.165, 1.54) is 231 Å². The lowest BCUT2D eigenvalue weighted by Gasteiger charge is -2.18. The normalized spacial score (nSPS) is 12.0. The van der Waals surface area contributed by atoms with E-state index in [9.17, 15) is 14.4 Å². The van der Waals surface area contributed by atoms with E-state index >= 15 is 0 Å². The van der Waals surface area contributed by atoms with E-state index in [-0.39, 0.29) is 31.1 Å². The van der Waals surface area contributed by atoms with E-state index in [0.717, 1.165) is 57.8 Å². The van der Waals surface area contributed by atoms with Gasteiger partial charge >= 0.3 is 17.9 Å². The Morgan fingerprint density at radius 2 is 0.508 bits per heavy atom. The van der Waals surface area contributed by atoms with Crippen molar-refractivity contribution in [3.05, 3.63) is 12.2 Å². The number of allylic oxidation sites excluding steroid dienone is 2. The summed E-state index contributed by atoms with van der Waals surface area (Å²) in [5.41, 5.74) is 0. The molecule has 0 aliphatic heterocycles. The van der Waals surface area contributed by atoms with E-state index < -0.39 is 6.10 Å². The van der Waals surface area contributed by atoms with Crippen LogP contribution in [0, 0.1) is 0 Å². The van der Waals surface area contributed by atoms with Crippen molar-refractivity contribution in [3.63, 3.8) is 0 Å². The largest absolute Gasteiger partial charge is 0.462 e. The molecule has 1 atom stereocenters. The smallest absolute Gasteiger partial charge is 0.306 e. The number of carbonyl (C=O) groups excluding carboxylic acids is 3. The van der Waals surface area contributed by atoms with Crippen LogP contribution in [0.5, 0.6) is 0 Å². The van der Waals surface area contributed by atoms with E-state index in [1.807, 2.05) is 0 Å². The molecule has 0 rings (SSSR count). The Morgan fingerprint density at radius 3 is 0.785 bits per heavy atom. The summed E-state index contributed by atoms with van der Waals surface area (Å²) in [6, 6.07) is 0. The van der Waals surface area contributed by atoms with Crippen molar-refractivity contribution in [1.82, 2.24) is 0 Å². The zero-order chi connectivity index (χ0) is 47.2. The lowest BCUT2D eigenvalue weighted by Crippen LogP contribution is -2.30. The zero-order valence-corrected chi connectivity index (χ0v) is 44.0. The minimum atomic E-state index is -0.766. The molecule has 0 aromatic heterocycles. The van der Waals surface area contributed by atoms with Crippen LogP contribution in [-0.2, 0) is 28.6 Å². The summed E-state index contributed by atoms with van der Waals surface area (Å²) >= 11 is 0. The van der Waals surface area contributed by atoms with Gasteiger partial charge in [0.05, 0.1) is 0 Å². The molecule has 6 heteroatoms. The minimum absolute atomic E-state index is 0.0657. The van der Waals surface area contributed by atoms with Gasteiger partial charge in [0.25, 0.3) is 0 Å². The average molecular weight is 918 g/mol. The molecule has 0 unspecified atom stereocenters. The van der Waals surface area contributed by atoms with Gasteiger partial charge in [0, 0.05) is 19.3 Å². The van der Waals surface area contributed by atoms with Crippen molar-refractivity contribution in [1.29, 1.82) is 0 Å². The third-order valence-electron chi connectivity index (χ3n) is 13.3. The molecule has 0 aliphatic rings. The number of rotatable bonds is 54. The molecular weight excluding hydrogens is 805 g/mol. The Labute approximate surface area is 405 Å². The van der Waals surface area contributed by atoms with Gasteiger partial charge in [-0.2, -0.15) is 0 Å². The maximum Gasteiger partial charge on any atom is 0.306 e. The Morgan fingerprint density at radius 1 is 0.292 bits per heavy atom. The lowest BCUT2D eigenvalue weighted by molar-refractivity contribution is -0.167. The average Bonchev–Trinajstić information content (AvgIpc) is 3.30. The Balaban J connectivity index is 4.28. The van der Waals surface area contributed by atoms with Crippen LogP contribution in [-0.4, -0.2) is 37.2 Å². The summed E-state index contributed by atoms with van der Waals surface area (Å²) in [6.45, 7) is 6.68. The van der Waals surface area contributed by atoms with Crippen LogP contribution < -0.4 is 0 Å². The lowest BCUT2D eigenvalue weighted by atomic mass is 10.0. The van der Waals surface area contributed by atoms with Gasteiger partial charge in [-0.05, 0) is 44.9 Å². The van der Waals surface area contributed by atoms with Gasteiger partial charge in [-0.15, -0.1) is 0 Å². The third kappa shape index (κ3) is 53.0. The van der Waals surface area contributed by atoms with Crippen molar-refractivity contribution in [2.75, 3.05) is 13.2 Å². The molecule has 6 nitrogen and oxygen atoms in total. The molecule has 0 saturated carbocycles. The van der Waals surface area contributed by atoms with Crippen LogP contribution in [0.25, 0.3) is 0 Å². The van der Waals surface area contributed by atoms with Gasteiger partial charge in [0.2, 0.25) is 0 Å². The van der Waals surface area contributed by atoms with Gasteiger partial charge in [-0.1, -0.05) is 277 Å². The summed E-state index contributed by atoms with van der Waals surface area (Å²) < 4.78 is 16.9. The fourth-order valence-corrected chi connectivity index (χ4v) is 8.85. The summed E-state index contributed by atoms with van der Waals surface area (Å²) in [4.78, 5) is 38.1. The molecule has 0 N–H and O–H groups in total. The molecule has 0 radical (unpaired) electrons. The molecule has 0 spiro atoms. The van der Waals surface area contributed by atoms with Crippen molar-refractivity contribution >= 4 is 17.9 Å². The Hall–Kier alpha value is -1.85. The van der Waals surface area contributed by atoms with Crippen molar-refractivity contribution in [2.24, 2.45) is 0 Å². The molecule has 65 heavy (non-hydrogen) atoms. The predicted octanol–water partition coefficient (Wildman–Crippen LogP) is 19.3. The maximum atomic E-state index is 12.8. The second-order valence-electron chi connectivity index (χ2n) is 19.9. The van der Waals surface area contributed by atoms with Crippen LogP contribution in [0.1, 0.15) is 329 Å². The van der Waals surface area contributed by atoms with Crippen molar-refractivity contribution in [2.45, 2.75) is 335 Å². The zero-order valence-electron chi connectivity index (χ0n) is 44.0. The third-order valence-corrected chi connectivity index (χ3v) is 13.3. The number of carbonyl (C=O) groups is 3. The first-order valence-electron chi connectivity index (χ1n) is 29.2. The van der Waals surface area contributed by atoms with Gasteiger partial charge in [0.1, 0.15) is 13.2 Å². The predicted molar refractivity (Wildman–Crippen MR) is 280 cm³/mol. The number of esters is 3. The topological polar surface area (TPSA) is 78.9 Å². The second kappa shape index (κ2) is 54.8. The van der Waals surface area contributed by atoms with Crippen molar-refractivity contribution < 1.29 is 28.6 Å². The van der Waals surface area contributed by atoms with Gasteiger partial charge in [-0.25, -0.2) is 0 Å². The maximum absolute atomic E-state index is 12.8. The standard InChI is InChI=1S/C59H112O6/c1-4-7-10-13-16-19-22-25-27-28-29-30-32-34-37-40-43-46-49-52-58(61)64-55-56(54-63-57(60)51-48-45-42-39-36-33-24-21-18-15-12-9-6-3)65-59(62)53-50-47-44-41-38-35-31-26-23-20-17-14-11-8-5-2/h20,23,56H,4-19,21-22,24-55H2,1-3H3/b23-20-/t56-/m0/s1. The van der Waals surface area contributed by atoms with Gasteiger partial charge in [-0.3, -0.25) is 14.4 Å². The van der Waals surface area contributed by atoms with Crippen LogP contribution >= 0.6 is 0 Å². The van der Waals surface area contributed by atoms with E-state index in [0.29, 0.717) is 19.3 Å². The fraction of sp³-hybridized carbons (Fsp3) is 0.915. The van der Waals surface area contributed by atoms with Crippen LogP contribution in [0.15, 0.2) is 12.2 Å². The van der Waals surface area contributed by atoms with E-state index in [2.05, 4.69) is 32.9 Å². The highest BCUT2D eigenvalue weighted by atomic mass is 16.6. The molecule has 0 aromatic carbocycles. The van der Waals surface area contributed by atoms with Gasteiger partial charge < -0.3 is 14.2 Å². The number of hydrogen-bond acceptors (Lipinski definition) is 6. The molecule has 0 saturated heterocycles. The minimum Gasteiger partial charge on any atom is -0.462 e. The Kier molecular flexibility index (Phi) is 53.2. The summed E-state index contributed by atoms with van der Waals surface area (Å²) in [7, 11) is 0. The summed E-state index contributed by atoms with van der Waals surface area (Å²) in [6.07, 6.45) is 62.0. The first-order valence-corrected chi connectivity index (χ1v) is 29.2. The quantitative estimate of drug-likeness (QED) is 0.0262. The van der Waals surface area contributed by atoms with E-state index in [1.54, 1.807) is 0 Å². The second-order valence-corrected chi connectivity index (χ2v) is 19.9. The molecule has 0 aromatic rings. The monoisotopic (exact) mass is 917 g/mol. The van der Waals surface area contributed by atoms with Crippen LogP contribution in [0.3, 0.4) is 0 Å². The van der Waals surface area contributed by atoms with Crippen LogP contribution in [0.4, 0.5) is 0 Å². The number of hydrogen-bond donors (Lipinski definition) is 0. The van der Waals surface area contributed by atoms with E-state index in [4.69, 9.17) is 14.2 Å². The molecule has 0 bridgehead atoms. The van der Waals surface area contributed by atoms with Gasteiger partial charge in [0.15, 0.2) is 6.10 Å². The SMILES string of the molecule is CCCCCC/C=C\CCCCCCCCCC(=O)O[C@@H](COC(=O)CCCCCCCCCCCCCCC)COC(=O)CCCCCCCCCCCCCCCCCCCCC. The molecule has 384 valence electrons. The molecule has 0 fully saturated rings. The highest BCUT2D eigenvalue weighted by molar-refractivity contribution is 5.71. The number of ether oxygens (including phenoxy) is 3. The number of unbranched alkanes of at least 4 members (excludes halogenated alkanes) is 41. The first-order chi connectivity index (χ1) is 32.0. The first kappa shape index (κ1) is 63.1. The molecule has 0 aliphatic carbocycles.